The number of ether oxygens (including phenoxy) is 4. The molecule has 0 saturated carbocycles. The van der Waals surface area contributed by atoms with Gasteiger partial charge in [0.1, 0.15) is 28.9 Å². The van der Waals surface area contributed by atoms with Crippen LogP contribution in [0.2, 0.25) is 5.02 Å². The Hall–Kier alpha value is -4.16. The number of nitrogens with zero attached hydrogens (tertiary/aromatic N) is 2. The van der Waals surface area contributed by atoms with Crippen molar-refractivity contribution in [1.29, 1.82) is 5.26 Å². The third kappa shape index (κ3) is 7.16. The third-order valence-electron chi connectivity index (χ3n) is 4.64. The van der Waals surface area contributed by atoms with Crippen LogP contribution in [0.15, 0.2) is 52.6 Å². The van der Waals surface area contributed by atoms with E-state index in [2.05, 4.69) is 10.5 Å². The first kappa shape index (κ1) is 25.5. The van der Waals surface area contributed by atoms with Gasteiger partial charge in [0.15, 0.2) is 17.3 Å². The number of carbonyl (C=O) groups excluding carboxylic acids is 1. The van der Waals surface area contributed by atoms with E-state index in [-0.39, 0.29) is 16.4 Å². The predicted octanol–water partition coefficient (Wildman–Crippen LogP) is 5.05. The van der Waals surface area contributed by atoms with Crippen molar-refractivity contribution >= 4 is 29.4 Å². The van der Waals surface area contributed by atoms with E-state index in [1.54, 1.807) is 38.3 Å². The molecule has 0 aliphatic heterocycles. The second-order valence-electron chi connectivity index (χ2n) is 7.21. The number of aryl methyl sites for hydroxylation is 1. The van der Waals surface area contributed by atoms with E-state index in [1.165, 1.54) is 13.2 Å². The van der Waals surface area contributed by atoms with Gasteiger partial charge >= 0.3 is 0 Å². The summed E-state index contributed by atoms with van der Waals surface area (Å²) in [6.45, 7) is 2.45. The van der Waals surface area contributed by atoms with E-state index in [0.717, 1.165) is 5.75 Å². The summed E-state index contributed by atoms with van der Waals surface area (Å²) >= 11 is 6.41. The highest BCUT2D eigenvalue weighted by atomic mass is 35.5. The first-order chi connectivity index (χ1) is 16.9. The number of carbonyl (C=O) groups is 1. The van der Waals surface area contributed by atoms with Crippen LogP contribution in [0.5, 0.6) is 23.0 Å². The van der Waals surface area contributed by atoms with Gasteiger partial charge in [-0.05, 0) is 42.8 Å². The fraction of sp³-hybridized carbons (Fsp3) is 0.240. The molecule has 1 amide bonds. The Balaban J connectivity index is 1.62. The molecule has 1 heterocycles. The zero-order valence-electron chi connectivity index (χ0n) is 19.5. The maximum absolute atomic E-state index is 12.4. The maximum Gasteiger partial charge on any atom is 0.267 e. The molecule has 0 spiro atoms. The van der Waals surface area contributed by atoms with Crippen molar-refractivity contribution in [1.82, 2.24) is 5.16 Å². The zero-order chi connectivity index (χ0) is 25.2. The van der Waals surface area contributed by atoms with Crippen LogP contribution in [-0.4, -0.2) is 38.5 Å². The van der Waals surface area contributed by atoms with Gasteiger partial charge in [0.25, 0.3) is 5.91 Å². The van der Waals surface area contributed by atoms with Gasteiger partial charge in [-0.1, -0.05) is 22.8 Å². The van der Waals surface area contributed by atoms with E-state index in [0.29, 0.717) is 48.2 Å². The molecule has 182 valence electrons. The lowest BCUT2D eigenvalue weighted by atomic mass is 10.1. The lowest BCUT2D eigenvalue weighted by molar-refractivity contribution is -0.112. The maximum atomic E-state index is 12.4. The number of nitrogens with one attached hydrogen (secondary N) is 1. The minimum Gasteiger partial charge on any atom is -0.497 e. The fourth-order valence-corrected chi connectivity index (χ4v) is 3.28. The first-order valence-corrected chi connectivity index (χ1v) is 10.9. The van der Waals surface area contributed by atoms with Gasteiger partial charge in [-0.25, -0.2) is 0 Å². The number of hydrogen-bond donors (Lipinski definition) is 1. The topological polar surface area (TPSA) is 116 Å². The molecule has 35 heavy (non-hydrogen) atoms. The molecule has 3 aromatic rings. The first-order valence-electron chi connectivity index (χ1n) is 10.6. The summed E-state index contributed by atoms with van der Waals surface area (Å²) in [7, 11) is 3.07. The Morgan fingerprint density at radius 3 is 2.60 bits per heavy atom. The SMILES string of the molecule is COc1cccc(OCCCOc2c(Cl)cc(C=C(C#N)C(=O)Nc3cc(C)on3)cc2OC)c1. The number of anilines is 1. The molecule has 9 nitrogen and oxygen atoms in total. The van der Waals surface area contributed by atoms with Crippen molar-refractivity contribution in [3.05, 3.63) is 64.4 Å². The number of rotatable bonds is 11. The zero-order valence-corrected chi connectivity index (χ0v) is 20.2. The minimum atomic E-state index is -0.632. The molecule has 1 aromatic heterocycles. The van der Waals surface area contributed by atoms with E-state index < -0.39 is 5.91 Å². The monoisotopic (exact) mass is 497 g/mol. The normalized spacial score (nSPS) is 10.9. The number of hydrogen-bond acceptors (Lipinski definition) is 8. The molecule has 0 bridgehead atoms. The Labute approximate surface area is 207 Å². The number of halogens is 1. The molecule has 10 heteroatoms. The lowest BCUT2D eigenvalue weighted by Crippen LogP contribution is -2.13. The number of nitriles is 1. The summed E-state index contributed by atoms with van der Waals surface area (Å²) in [5, 5.41) is 15.9. The Bertz CT molecular complexity index is 1250. The molecule has 0 aliphatic rings. The van der Waals surface area contributed by atoms with Crippen molar-refractivity contribution in [2.24, 2.45) is 0 Å². The third-order valence-corrected chi connectivity index (χ3v) is 4.92. The largest absolute Gasteiger partial charge is 0.497 e. The van der Waals surface area contributed by atoms with E-state index in [4.69, 9.17) is 35.1 Å². The molecule has 0 atom stereocenters. The number of methoxy groups -OCH3 is 2. The van der Waals surface area contributed by atoms with Crippen molar-refractivity contribution in [3.63, 3.8) is 0 Å². The Morgan fingerprint density at radius 1 is 1.14 bits per heavy atom. The van der Waals surface area contributed by atoms with Crippen molar-refractivity contribution in [2.75, 3.05) is 32.8 Å². The summed E-state index contributed by atoms with van der Waals surface area (Å²) in [4.78, 5) is 12.4. The second-order valence-corrected chi connectivity index (χ2v) is 7.62. The molecule has 3 rings (SSSR count). The summed E-state index contributed by atoms with van der Waals surface area (Å²) in [5.74, 6) is 2.25. The highest BCUT2D eigenvalue weighted by molar-refractivity contribution is 6.32. The van der Waals surface area contributed by atoms with Gasteiger partial charge in [0, 0.05) is 18.6 Å². The molecule has 0 unspecified atom stereocenters. The molecule has 0 radical (unpaired) electrons. The van der Waals surface area contributed by atoms with Gasteiger partial charge in [-0.3, -0.25) is 4.79 Å². The summed E-state index contributed by atoms with van der Waals surface area (Å²) in [5.41, 5.74) is 0.343. The standard InChI is InChI=1S/C25H24ClN3O6/c1-16-10-23(29-35-16)28-25(30)18(15-27)11-17-12-21(26)24(22(13-17)32-3)34-9-5-8-33-20-7-4-6-19(14-20)31-2/h4,6-7,10-14H,5,8-9H2,1-3H3,(H,28,29,30). The Morgan fingerprint density at radius 2 is 1.91 bits per heavy atom. The average molecular weight is 498 g/mol. The smallest absolute Gasteiger partial charge is 0.267 e. The predicted molar refractivity (Wildman–Crippen MR) is 130 cm³/mol. The summed E-state index contributed by atoms with van der Waals surface area (Å²) in [6, 6.07) is 14.0. The molecular formula is C25H24ClN3O6. The molecule has 0 fully saturated rings. The van der Waals surface area contributed by atoms with Gasteiger partial charge in [0.05, 0.1) is 32.5 Å². The van der Waals surface area contributed by atoms with Crippen LogP contribution < -0.4 is 24.3 Å². The van der Waals surface area contributed by atoms with Crippen LogP contribution in [0.1, 0.15) is 17.7 Å². The summed E-state index contributed by atoms with van der Waals surface area (Å²) in [6.07, 6.45) is 1.99. The van der Waals surface area contributed by atoms with E-state index in [1.807, 2.05) is 24.3 Å². The van der Waals surface area contributed by atoms with Crippen LogP contribution in [0.4, 0.5) is 5.82 Å². The lowest BCUT2D eigenvalue weighted by Gasteiger charge is -2.14. The van der Waals surface area contributed by atoms with Gasteiger partial charge < -0.3 is 28.8 Å². The van der Waals surface area contributed by atoms with Gasteiger partial charge in [-0.2, -0.15) is 5.26 Å². The fourth-order valence-electron chi connectivity index (χ4n) is 3.00. The van der Waals surface area contributed by atoms with Crippen molar-refractivity contribution in [2.45, 2.75) is 13.3 Å². The van der Waals surface area contributed by atoms with Gasteiger partial charge in [-0.15, -0.1) is 0 Å². The van der Waals surface area contributed by atoms with Crippen LogP contribution in [-0.2, 0) is 4.79 Å². The number of aromatic nitrogens is 1. The number of benzene rings is 2. The van der Waals surface area contributed by atoms with Crippen LogP contribution in [0.3, 0.4) is 0 Å². The van der Waals surface area contributed by atoms with Crippen LogP contribution >= 0.6 is 11.6 Å². The van der Waals surface area contributed by atoms with Crippen LogP contribution in [0.25, 0.3) is 6.08 Å². The van der Waals surface area contributed by atoms with Crippen molar-refractivity contribution < 1.29 is 28.3 Å². The average Bonchev–Trinajstić information content (AvgIpc) is 3.27. The highest BCUT2D eigenvalue weighted by Crippen LogP contribution is 2.37. The molecule has 2 aromatic carbocycles. The molecule has 1 N–H and O–H groups in total. The van der Waals surface area contributed by atoms with E-state index >= 15 is 0 Å². The van der Waals surface area contributed by atoms with E-state index in [9.17, 15) is 10.1 Å². The van der Waals surface area contributed by atoms with Gasteiger partial charge in [0.2, 0.25) is 0 Å². The number of amides is 1. The minimum absolute atomic E-state index is 0.146. The quantitative estimate of drug-likeness (QED) is 0.222. The van der Waals surface area contributed by atoms with Crippen LogP contribution in [0, 0.1) is 18.3 Å². The highest BCUT2D eigenvalue weighted by Gasteiger charge is 2.15. The van der Waals surface area contributed by atoms with Crippen molar-refractivity contribution in [3.8, 4) is 29.1 Å². The second kappa shape index (κ2) is 12.3. The molecule has 0 saturated heterocycles. The Kier molecular flexibility index (Phi) is 8.98. The molecular weight excluding hydrogens is 474 g/mol. The summed E-state index contributed by atoms with van der Waals surface area (Å²) < 4.78 is 27.0. The molecule has 0 aliphatic carbocycles.